The number of rotatable bonds is 2. The molecule has 0 unspecified atom stereocenters. The summed E-state index contributed by atoms with van der Waals surface area (Å²) in [6.07, 6.45) is 3.83. The van der Waals surface area contributed by atoms with Gasteiger partial charge in [0.15, 0.2) is 0 Å². The molecule has 0 saturated heterocycles. The first-order chi connectivity index (χ1) is 19.9. The lowest BCUT2D eigenvalue weighted by Gasteiger charge is -2.14. The molecule has 4 aromatic heterocycles. The number of pyridine rings is 2. The second-order valence-corrected chi connectivity index (χ2v) is 10.2. The van der Waals surface area contributed by atoms with E-state index in [0.717, 1.165) is 38.8 Å². The van der Waals surface area contributed by atoms with Gasteiger partial charge in [-0.2, -0.15) is 0 Å². The average Bonchev–Trinajstić information content (AvgIpc) is 3.55. The van der Waals surface area contributed by atoms with E-state index in [2.05, 4.69) is 124 Å². The molecule has 9 rings (SSSR count). The summed E-state index contributed by atoms with van der Waals surface area (Å²) in [5.74, 6) is 0. The Bertz CT molecular complexity index is 2430. The van der Waals surface area contributed by atoms with E-state index in [-0.39, 0.29) is 0 Å². The van der Waals surface area contributed by atoms with Crippen LogP contribution in [0.3, 0.4) is 0 Å². The van der Waals surface area contributed by atoms with E-state index in [9.17, 15) is 0 Å². The van der Waals surface area contributed by atoms with Gasteiger partial charge in [0, 0.05) is 50.4 Å². The maximum absolute atomic E-state index is 5.03. The lowest BCUT2D eigenvalue weighted by molar-refractivity contribution is 1.15. The third kappa shape index (κ3) is 2.74. The molecule has 0 aliphatic rings. The quantitative estimate of drug-likeness (QED) is 0.233. The van der Waals surface area contributed by atoms with E-state index in [1.807, 2.05) is 18.5 Å². The van der Waals surface area contributed by atoms with Crippen LogP contribution in [0.4, 0.5) is 0 Å². The molecule has 0 aliphatic heterocycles. The Hall–Kier alpha value is -5.48. The van der Waals surface area contributed by atoms with E-state index in [0.29, 0.717) is 0 Å². The second-order valence-electron chi connectivity index (χ2n) is 10.2. The van der Waals surface area contributed by atoms with Crippen molar-refractivity contribution in [1.29, 1.82) is 0 Å². The summed E-state index contributed by atoms with van der Waals surface area (Å²) in [6.45, 7) is 0. The standard InChI is InChI=1S/C36H22N4/c1-2-11-23(12-3-1)39-29-18-8-5-14-25(29)32-27-16-10-21-38-34(27)33-26-15-6-9-19-30(26)40(36(33)35(32)39)31-20-22-37-28-17-7-4-13-24(28)31/h1-22H. The Labute approximate surface area is 229 Å². The topological polar surface area (TPSA) is 35.6 Å². The lowest BCUT2D eigenvalue weighted by atomic mass is 10.0. The van der Waals surface area contributed by atoms with Gasteiger partial charge in [0.1, 0.15) is 0 Å². The van der Waals surface area contributed by atoms with Crippen LogP contribution in [0.5, 0.6) is 0 Å². The zero-order chi connectivity index (χ0) is 26.2. The molecule has 0 aliphatic carbocycles. The van der Waals surface area contributed by atoms with Gasteiger partial charge in [0.2, 0.25) is 0 Å². The first-order valence-electron chi connectivity index (χ1n) is 13.5. The monoisotopic (exact) mass is 510 g/mol. The Morgan fingerprint density at radius 1 is 0.425 bits per heavy atom. The van der Waals surface area contributed by atoms with Gasteiger partial charge >= 0.3 is 0 Å². The SMILES string of the molecule is c1ccc(-n2c3ccccc3c3c4cccnc4c4c5ccccc5n(-c5ccnc6ccccc56)c4c32)cc1. The summed E-state index contributed by atoms with van der Waals surface area (Å²) in [5.41, 5.74) is 8.90. The number of hydrogen-bond donors (Lipinski definition) is 0. The predicted octanol–water partition coefficient (Wildman–Crippen LogP) is 8.98. The number of aromatic nitrogens is 4. The molecule has 0 spiro atoms. The zero-order valence-electron chi connectivity index (χ0n) is 21.5. The van der Waals surface area contributed by atoms with Gasteiger partial charge in [0.25, 0.3) is 0 Å². The van der Waals surface area contributed by atoms with Crippen LogP contribution < -0.4 is 0 Å². The second kappa shape index (κ2) is 8.01. The minimum Gasteiger partial charge on any atom is -0.307 e. The van der Waals surface area contributed by atoms with E-state index >= 15 is 0 Å². The predicted molar refractivity (Wildman–Crippen MR) is 166 cm³/mol. The molecule has 5 aromatic carbocycles. The minimum atomic E-state index is 0.977. The van der Waals surface area contributed by atoms with Crippen LogP contribution in [0.15, 0.2) is 134 Å². The van der Waals surface area contributed by atoms with Crippen molar-refractivity contribution in [3.8, 4) is 11.4 Å². The molecule has 40 heavy (non-hydrogen) atoms. The summed E-state index contributed by atoms with van der Waals surface area (Å²) in [6, 6.07) is 42.9. The van der Waals surface area contributed by atoms with Crippen molar-refractivity contribution in [3.63, 3.8) is 0 Å². The molecule has 0 fully saturated rings. The van der Waals surface area contributed by atoms with E-state index in [1.165, 1.54) is 38.0 Å². The summed E-state index contributed by atoms with van der Waals surface area (Å²) in [7, 11) is 0. The Morgan fingerprint density at radius 2 is 1.05 bits per heavy atom. The van der Waals surface area contributed by atoms with Crippen molar-refractivity contribution >= 4 is 65.4 Å². The largest absolute Gasteiger partial charge is 0.307 e. The van der Waals surface area contributed by atoms with Crippen molar-refractivity contribution < 1.29 is 0 Å². The molecule has 0 saturated carbocycles. The lowest BCUT2D eigenvalue weighted by Crippen LogP contribution is -2.00. The van der Waals surface area contributed by atoms with E-state index in [1.54, 1.807) is 0 Å². The van der Waals surface area contributed by atoms with Gasteiger partial charge in [-0.1, -0.05) is 78.9 Å². The van der Waals surface area contributed by atoms with Crippen LogP contribution in [0.25, 0.3) is 76.8 Å². The molecule has 0 amide bonds. The van der Waals surface area contributed by atoms with Crippen molar-refractivity contribution in [1.82, 2.24) is 19.1 Å². The smallest absolute Gasteiger partial charge is 0.0811 e. The highest BCUT2D eigenvalue weighted by molar-refractivity contribution is 6.35. The zero-order valence-corrected chi connectivity index (χ0v) is 21.5. The maximum atomic E-state index is 5.03. The molecule has 186 valence electrons. The molecule has 0 radical (unpaired) electrons. The van der Waals surface area contributed by atoms with Crippen LogP contribution in [-0.2, 0) is 0 Å². The molecule has 4 nitrogen and oxygen atoms in total. The molecule has 0 bridgehead atoms. The highest BCUT2D eigenvalue weighted by Crippen LogP contribution is 2.46. The number of nitrogens with zero attached hydrogens (tertiary/aromatic N) is 4. The van der Waals surface area contributed by atoms with Crippen molar-refractivity contribution in [2.75, 3.05) is 0 Å². The highest BCUT2D eigenvalue weighted by Gasteiger charge is 2.25. The van der Waals surface area contributed by atoms with Gasteiger partial charge in [-0.05, 0) is 42.5 Å². The van der Waals surface area contributed by atoms with E-state index in [4.69, 9.17) is 9.97 Å². The minimum absolute atomic E-state index is 0.977. The number of benzene rings is 5. The molecule has 4 heteroatoms. The number of para-hydroxylation sites is 4. The van der Waals surface area contributed by atoms with Gasteiger partial charge in [0.05, 0.1) is 38.8 Å². The molecular formula is C36H22N4. The van der Waals surface area contributed by atoms with Crippen LogP contribution >= 0.6 is 0 Å². The Kier molecular flexibility index (Phi) is 4.30. The van der Waals surface area contributed by atoms with E-state index < -0.39 is 0 Å². The first-order valence-corrected chi connectivity index (χ1v) is 13.5. The fourth-order valence-electron chi connectivity index (χ4n) is 6.62. The number of fused-ring (bicyclic) bond motifs is 11. The van der Waals surface area contributed by atoms with Crippen LogP contribution in [0, 0.1) is 0 Å². The van der Waals surface area contributed by atoms with Gasteiger partial charge in [-0.3, -0.25) is 9.97 Å². The molecule has 0 atom stereocenters. The Balaban J connectivity index is 1.67. The summed E-state index contributed by atoms with van der Waals surface area (Å²) >= 11 is 0. The molecule has 9 aromatic rings. The van der Waals surface area contributed by atoms with Crippen LogP contribution in [-0.4, -0.2) is 19.1 Å². The number of hydrogen-bond acceptors (Lipinski definition) is 2. The van der Waals surface area contributed by atoms with Crippen molar-refractivity contribution in [2.24, 2.45) is 0 Å². The molecular weight excluding hydrogens is 488 g/mol. The molecule has 4 heterocycles. The maximum Gasteiger partial charge on any atom is 0.0811 e. The Morgan fingerprint density at radius 3 is 1.88 bits per heavy atom. The summed E-state index contributed by atoms with van der Waals surface area (Å²) in [4.78, 5) is 9.73. The van der Waals surface area contributed by atoms with Gasteiger partial charge in [-0.25, -0.2) is 0 Å². The van der Waals surface area contributed by atoms with Crippen LogP contribution in [0.1, 0.15) is 0 Å². The summed E-state index contributed by atoms with van der Waals surface area (Å²) < 4.78 is 4.86. The summed E-state index contributed by atoms with van der Waals surface area (Å²) in [5, 5.41) is 7.08. The highest BCUT2D eigenvalue weighted by atomic mass is 15.0. The normalized spacial score (nSPS) is 12.0. The van der Waals surface area contributed by atoms with Crippen LogP contribution in [0.2, 0.25) is 0 Å². The van der Waals surface area contributed by atoms with Gasteiger partial charge in [-0.15, -0.1) is 0 Å². The third-order valence-electron chi connectivity index (χ3n) is 8.17. The third-order valence-corrected chi connectivity index (χ3v) is 8.17. The average molecular weight is 511 g/mol. The first kappa shape index (κ1) is 21.5. The van der Waals surface area contributed by atoms with Crippen molar-refractivity contribution in [3.05, 3.63) is 134 Å². The molecule has 0 N–H and O–H groups in total. The fourth-order valence-corrected chi connectivity index (χ4v) is 6.62. The van der Waals surface area contributed by atoms with Crippen molar-refractivity contribution in [2.45, 2.75) is 0 Å². The van der Waals surface area contributed by atoms with Gasteiger partial charge < -0.3 is 9.13 Å². The fraction of sp³-hybridized carbons (Fsp3) is 0.